The number of amides is 1. The maximum absolute atomic E-state index is 14.0. The van der Waals surface area contributed by atoms with Gasteiger partial charge in [0.05, 0.1) is 17.5 Å². The zero-order valence-corrected chi connectivity index (χ0v) is 19.0. The molecule has 1 aliphatic rings. The molecule has 0 radical (unpaired) electrons. The molecule has 31 heavy (non-hydrogen) atoms. The first-order valence-electron chi connectivity index (χ1n) is 10.1. The first-order valence-corrected chi connectivity index (χ1v) is 12.1. The predicted molar refractivity (Wildman–Crippen MR) is 119 cm³/mol. The van der Waals surface area contributed by atoms with Gasteiger partial charge in [0.1, 0.15) is 11.6 Å². The first-order chi connectivity index (χ1) is 14.7. The Labute approximate surface area is 187 Å². The maximum Gasteiger partial charge on any atom is 0.227 e. The lowest BCUT2D eigenvalue weighted by molar-refractivity contribution is -0.120. The van der Waals surface area contributed by atoms with E-state index in [0.717, 1.165) is 0 Å². The number of para-hydroxylation sites is 2. The summed E-state index contributed by atoms with van der Waals surface area (Å²) in [6.45, 7) is 4.19. The fraction of sp³-hybridized carbons (Fsp3) is 0.409. The minimum atomic E-state index is -3.75. The van der Waals surface area contributed by atoms with Crippen molar-refractivity contribution in [3.8, 4) is 5.75 Å². The van der Waals surface area contributed by atoms with Crippen LogP contribution in [0.2, 0.25) is 5.02 Å². The van der Waals surface area contributed by atoms with Crippen molar-refractivity contribution in [1.29, 1.82) is 0 Å². The molecule has 0 atom stereocenters. The van der Waals surface area contributed by atoms with Crippen molar-refractivity contribution in [2.45, 2.75) is 38.5 Å². The van der Waals surface area contributed by atoms with E-state index in [-0.39, 0.29) is 41.6 Å². The summed E-state index contributed by atoms with van der Waals surface area (Å²) in [4.78, 5) is 12.7. The number of hydrogen-bond donors (Lipinski definition) is 1. The summed E-state index contributed by atoms with van der Waals surface area (Å²) in [5, 5.41) is 2.98. The van der Waals surface area contributed by atoms with Crippen LogP contribution in [0.25, 0.3) is 0 Å². The second-order valence-corrected chi connectivity index (χ2v) is 10.2. The van der Waals surface area contributed by atoms with Gasteiger partial charge in [-0.1, -0.05) is 29.8 Å². The van der Waals surface area contributed by atoms with Crippen LogP contribution in [0.4, 0.5) is 10.1 Å². The molecule has 2 aromatic carbocycles. The molecule has 1 N–H and O–H groups in total. The number of carbonyl (C=O) groups excluding carboxylic acids is 1. The van der Waals surface area contributed by atoms with E-state index in [1.807, 2.05) is 26.0 Å². The Kier molecular flexibility index (Phi) is 7.56. The van der Waals surface area contributed by atoms with Crippen molar-refractivity contribution in [2.75, 3.05) is 18.4 Å². The second-order valence-electron chi connectivity index (χ2n) is 7.78. The van der Waals surface area contributed by atoms with E-state index in [1.165, 1.54) is 22.5 Å². The van der Waals surface area contributed by atoms with Crippen LogP contribution in [0, 0.1) is 11.7 Å². The molecular formula is C22H26ClFN2O4S. The number of hydrogen-bond acceptors (Lipinski definition) is 4. The lowest BCUT2D eigenvalue weighted by Crippen LogP contribution is -2.42. The van der Waals surface area contributed by atoms with Crippen molar-refractivity contribution in [2.24, 2.45) is 5.92 Å². The predicted octanol–water partition coefficient (Wildman–Crippen LogP) is 4.45. The molecule has 1 heterocycles. The van der Waals surface area contributed by atoms with Gasteiger partial charge in [-0.05, 0) is 51.0 Å². The number of nitrogens with zero attached hydrogens (tertiary/aromatic N) is 1. The van der Waals surface area contributed by atoms with Crippen molar-refractivity contribution >= 4 is 33.2 Å². The fourth-order valence-electron chi connectivity index (χ4n) is 3.50. The Morgan fingerprint density at radius 1 is 1.19 bits per heavy atom. The number of piperidine rings is 1. The molecule has 9 heteroatoms. The minimum absolute atomic E-state index is 0.0329. The normalized spacial score (nSPS) is 15.8. The zero-order valence-electron chi connectivity index (χ0n) is 17.5. The zero-order chi connectivity index (χ0) is 22.6. The highest BCUT2D eigenvalue weighted by Gasteiger charge is 2.32. The van der Waals surface area contributed by atoms with Gasteiger partial charge >= 0.3 is 0 Å². The van der Waals surface area contributed by atoms with Gasteiger partial charge in [-0.25, -0.2) is 17.1 Å². The van der Waals surface area contributed by atoms with Gasteiger partial charge in [0.25, 0.3) is 0 Å². The summed E-state index contributed by atoms with van der Waals surface area (Å²) >= 11 is 5.97. The Bertz CT molecular complexity index is 1020. The number of nitrogens with one attached hydrogen (secondary N) is 1. The molecule has 0 aromatic heterocycles. The van der Waals surface area contributed by atoms with E-state index < -0.39 is 21.6 Å². The van der Waals surface area contributed by atoms with Crippen molar-refractivity contribution in [1.82, 2.24) is 4.31 Å². The molecule has 0 spiro atoms. The minimum Gasteiger partial charge on any atom is -0.489 e. The topological polar surface area (TPSA) is 75.7 Å². The van der Waals surface area contributed by atoms with E-state index in [0.29, 0.717) is 24.3 Å². The molecule has 2 aromatic rings. The monoisotopic (exact) mass is 468 g/mol. The number of ether oxygens (including phenoxy) is 1. The van der Waals surface area contributed by atoms with E-state index in [9.17, 15) is 17.6 Å². The summed E-state index contributed by atoms with van der Waals surface area (Å²) in [7, 11) is -3.75. The lowest BCUT2D eigenvalue weighted by Gasteiger charge is -2.30. The smallest absolute Gasteiger partial charge is 0.227 e. The van der Waals surface area contributed by atoms with Crippen LogP contribution in [0.15, 0.2) is 42.5 Å². The number of sulfonamides is 1. The van der Waals surface area contributed by atoms with E-state index in [1.54, 1.807) is 12.1 Å². The maximum atomic E-state index is 14.0. The molecule has 1 aliphatic heterocycles. The number of rotatable bonds is 7. The Morgan fingerprint density at radius 3 is 2.52 bits per heavy atom. The molecular weight excluding hydrogens is 443 g/mol. The van der Waals surface area contributed by atoms with E-state index in [4.69, 9.17) is 16.3 Å². The van der Waals surface area contributed by atoms with Crippen LogP contribution in [0.1, 0.15) is 32.3 Å². The van der Waals surface area contributed by atoms with Gasteiger partial charge in [0.15, 0.2) is 0 Å². The number of carbonyl (C=O) groups is 1. The van der Waals surface area contributed by atoms with Crippen LogP contribution in [0.5, 0.6) is 5.75 Å². The third kappa shape index (κ3) is 5.96. The van der Waals surface area contributed by atoms with Crippen LogP contribution in [-0.4, -0.2) is 37.8 Å². The molecule has 6 nitrogen and oxygen atoms in total. The third-order valence-corrected chi connectivity index (χ3v) is 7.27. The van der Waals surface area contributed by atoms with Crippen LogP contribution in [-0.2, 0) is 20.6 Å². The van der Waals surface area contributed by atoms with Gasteiger partial charge in [-0.3, -0.25) is 4.79 Å². The summed E-state index contributed by atoms with van der Waals surface area (Å²) in [6, 6.07) is 11.3. The summed E-state index contributed by atoms with van der Waals surface area (Å²) < 4.78 is 46.5. The first kappa shape index (κ1) is 23.5. The highest BCUT2D eigenvalue weighted by atomic mass is 35.5. The molecule has 1 saturated heterocycles. The molecule has 168 valence electrons. The Balaban J connectivity index is 1.61. The van der Waals surface area contributed by atoms with Gasteiger partial charge in [-0.2, -0.15) is 0 Å². The van der Waals surface area contributed by atoms with E-state index in [2.05, 4.69) is 5.32 Å². The Hall–Kier alpha value is -2.16. The molecule has 0 unspecified atom stereocenters. The van der Waals surface area contributed by atoms with Crippen molar-refractivity contribution in [3.63, 3.8) is 0 Å². The Morgan fingerprint density at radius 2 is 1.87 bits per heavy atom. The molecule has 3 rings (SSSR count). The number of benzene rings is 2. The van der Waals surface area contributed by atoms with Crippen LogP contribution >= 0.6 is 11.6 Å². The highest BCUT2D eigenvalue weighted by Crippen LogP contribution is 2.29. The third-order valence-electron chi connectivity index (χ3n) is 5.11. The lowest BCUT2D eigenvalue weighted by atomic mass is 9.97. The molecule has 1 fully saturated rings. The average molecular weight is 469 g/mol. The molecule has 0 saturated carbocycles. The highest BCUT2D eigenvalue weighted by molar-refractivity contribution is 7.88. The van der Waals surface area contributed by atoms with Gasteiger partial charge in [0.2, 0.25) is 15.9 Å². The molecule has 1 amide bonds. The van der Waals surface area contributed by atoms with Crippen LogP contribution < -0.4 is 10.1 Å². The number of halogens is 2. The SMILES string of the molecule is CC(C)Oc1ccccc1NC(=O)C1CCN(S(=O)(=O)Cc2c(F)cccc2Cl)CC1. The molecule has 0 bridgehead atoms. The fourth-order valence-corrected chi connectivity index (χ4v) is 5.42. The van der Waals surface area contributed by atoms with Crippen molar-refractivity contribution in [3.05, 3.63) is 58.9 Å². The summed E-state index contributed by atoms with van der Waals surface area (Å²) in [6.07, 6.45) is 0.724. The van der Waals surface area contributed by atoms with Crippen molar-refractivity contribution < 1.29 is 22.3 Å². The van der Waals surface area contributed by atoms with Gasteiger partial charge in [-0.15, -0.1) is 0 Å². The van der Waals surface area contributed by atoms with Crippen LogP contribution in [0.3, 0.4) is 0 Å². The quantitative estimate of drug-likeness (QED) is 0.651. The summed E-state index contributed by atoms with van der Waals surface area (Å²) in [5.41, 5.74) is 0.552. The number of anilines is 1. The van der Waals surface area contributed by atoms with Gasteiger partial charge < -0.3 is 10.1 Å². The van der Waals surface area contributed by atoms with Gasteiger partial charge in [0, 0.05) is 29.6 Å². The summed E-state index contributed by atoms with van der Waals surface area (Å²) in [5.74, 6) is -1.06. The second kappa shape index (κ2) is 9.97. The average Bonchev–Trinajstić information content (AvgIpc) is 2.72. The largest absolute Gasteiger partial charge is 0.489 e. The standard InChI is InChI=1S/C22H26ClFN2O4S/c1-15(2)30-21-9-4-3-8-20(21)25-22(27)16-10-12-26(13-11-16)31(28,29)14-17-18(23)6-5-7-19(17)24/h3-9,15-16H,10-14H2,1-2H3,(H,25,27). The van der Waals surface area contributed by atoms with E-state index >= 15 is 0 Å². The molecule has 0 aliphatic carbocycles.